The smallest absolute Gasteiger partial charge is 0.232 e. The van der Waals surface area contributed by atoms with Crippen LogP contribution in [0.1, 0.15) is 58.8 Å². The molecule has 2 amide bonds. The summed E-state index contributed by atoms with van der Waals surface area (Å²) in [6, 6.07) is 0. The van der Waals surface area contributed by atoms with Gasteiger partial charge in [-0.05, 0) is 55.8 Å². The summed E-state index contributed by atoms with van der Waals surface area (Å²) < 4.78 is 0. The fraction of sp³-hybridized carbons (Fsp3) is 0.810. The molecular weight excluding hydrogens is 312 g/mol. The zero-order chi connectivity index (χ0) is 17.8. The van der Waals surface area contributed by atoms with E-state index >= 15 is 0 Å². The van der Waals surface area contributed by atoms with Crippen molar-refractivity contribution in [3.8, 4) is 0 Å². The first-order valence-electron chi connectivity index (χ1n) is 10.1. The molecule has 0 aromatic carbocycles. The summed E-state index contributed by atoms with van der Waals surface area (Å²) in [5, 5.41) is 0. The van der Waals surface area contributed by atoms with E-state index in [-0.39, 0.29) is 10.8 Å². The maximum atomic E-state index is 13.4. The molecule has 0 radical (unpaired) electrons. The standard InChI is InChI=1S/C21H32N2O2/c1-15-20(2,3)17-6-9-21(15,13-17)19(25)22-11-7-16(8-12-22)14-23-10-4-5-18(23)24/h16-17H,1,4-14H2,2-3H3/t17-,21-/m1/s1. The third kappa shape index (κ3) is 2.55. The van der Waals surface area contributed by atoms with Crippen molar-refractivity contribution in [3.05, 3.63) is 12.2 Å². The summed E-state index contributed by atoms with van der Waals surface area (Å²) in [4.78, 5) is 29.4. The van der Waals surface area contributed by atoms with Crippen molar-refractivity contribution in [1.29, 1.82) is 0 Å². The zero-order valence-corrected chi connectivity index (χ0v) is 15.9. The van der Waals surface area contributed by atoms with Crippen LogP contribution in [0.15, 0.2) is 12.2 Å². The fourth-order valence-corrected chi connectivity index (χ4v) is 5.95. The van der Waals surface area contributed by atoms with Gasteiger partial charge in [-0.1, -0.05) is 26.0 Å². The van der Waals surface area contributed by atoms with Crippen LogP contribution in [0.25, 0.3) is 0 Å². The third-order valence-electron chi connectivity index (χ3n) is 7.85. The molecule has 2 aliphatic carbocycles. The van der Waals surface area contributed by atoms with Crippen LogP contribution in [0.5, 0.6) is 0 Å². The lowest BCUT2D eigenvalue weighted by Crippen LogP contribution is -2.48. The Morgan fingerprint density at radius 2 is 1.92 bits per heavy atom. The van der Waals surface area contributed by atoms with Crippen LogP contribution in [0.4, 0.5) is 0 Å². The van der Waals surface area contributed by atoms with Crippen LogP contribution < -0.4 is 0 Å². The molecule has 0 spiro atoms. The molecule has 4 nitrogen and oxygen atoms in total. The lowest BCUT2D eigenvalue weighted by atomic mass is 9.68. The van der Waals surface area contributed by atoms with Crippen LogP contribution in [0, 0.1) is 22.7 Å². The molecule has 138 valence electrons. The molecule has 0 aromatic rings. The van der Waals surface area contributed by atoms with Crippen molar-refractivity contribution in [1.82, 2.24) is 9.80 Å². The first-order valence-corrected chi connectivity index (χ1v) is 10.1. The zero-order valence-electron chi connectivity index (χ0n) is 15.9. The topological polar surface area (TPSA) is 40.6 Å². The number of amides is 2. The molecule has 0 aromatic heterocycles. The number of hydrogen-bond acceptors (Lipinski definition) is 2. The van der Waals surface area contributed by atoms with E-state index < -0.39 is 0 Å². The van der Waals surface area contributed by atoms with Gasteiger partial charge in [0.05, 0.1) is 5.41 Å². The lowest BCUT2D eigenvalue weighted by Gasteiger charge is -2.42. The van der Waals surface area contributed by atoms with Gasteiger partial charge in [-0.2, -0.15) is 0 Å². The summed E-state index contributed by atoms with van der Waals surface area (Å²) in [6.45, 7) is 12.5. The molecule has 2 saturated carbocycles. The van der Waals surface area contributed by atoms with Crippen LogP contribution in [0.3, 0.4) is 0 Å². The van der Waals surface area contributed by atoms with E-state index in [9.17, 15) is 9.59 Å². The summed E-state index contributed by atoms with van der Waals surface area (Å²) in [7, 11) is 0. The van der Waals surface area contributed by atoms with E-state index in [1.54, 1.807) is 0 Å². The highest BCUT2D eigenvalue weighted by Gasteiger charge is 2.61. The number of likely N-dealkylation sites (tertiary alicyclic amines) is 2. The van der Waals surface area contributed by atoms with Crippen molar-refractivity contribution in [2.75, 3.05) is 26.2 Å². The highest BCUT2D eigenvalue weighted by atomic mass is 16.2. The van der Waals surface area contributed by atoms with Crippen molar-refractivity contribution >= 4 is 11.8 Å². The van der Waals surface area contributed by atoms with Crippen molar-refractivity contribution in [2.24, 2.45) is 22.7 Å². The Morgan fingerprint density at radius 1 is 1.20 bits per heavy atom. The van der Waals surface area contributed by atoms with Gasteiger partial charge in [0.2, 0.25) is 11.8 Å². The maximum Gasteiger partial charge on any atom is 0.232 e. The summed E-state index contributed by atoms with van der Waals surface area (Å²) in [5.74, 6) is 1.85. The number of carbonyl (C=O) groups excluding carboxylic acids is 2. The number of hydrogen-bond donors (Lipinski definition) is 0. The van der Waals surface area contributed by atoms with E-state index in [0.717, 1.165) is 64.7 Å². The SMILES string of the molecule is C=C1C(C)(C)[C@@H]2CC[C@@]1(C(=O)N1CCC(CN3CCCC3=O)CC1)C2. The van der Waals surface area contributed by atoms with Gasteiger partial charge in [-0.3, -0.25) is 9.59 Å². The van der Waals surface area contributed by atoms with Gasteiger partial charge in [0.1, 0.15) is 0 Å². The van der Waals surface area contributed by atoms with E-state index in [1.165, 1.54) is 12.0 Å². The van der Waals surface area contributed by atoms with Gasteiger partial charge < -0.3 is 9.80 Å². The quantitative estimate of drug-likeness (QED) is 0.738. The van der Waals surface area contributed by atoms with E-state index in [0.29, 0.717) is 23.7 Å². The number of carbonyl (C=O) groups is 2. The third-order valence-corrected chi connectivity index (χ3v) is 7.85. The molecule has 4 aliphatic rings. The first kappa shape index (κ1) is 17.1. The minimum absolute atomic E-state index is 0.113. The minimum atomic E-state index is -0.272. The molecule has 0 unspecified atom stereocenters. The monoisotopic (exact) mass is 344 g/mol. The van der Waals surface area contributed by atoms with Crippen LogP contribution in [-0.2, 0) is 9.59 Å². The van der Waals surface area contributed by atoms with Gasteiger partial charge in [-0.25, -0.2) is 0 Å². The Kier molecular flexibility index (Phi) is 4.01. The predicted octanol–water partition coefficient (Wildman–Crippen LogP) is 3.23. The highest BCUT2D eigenvalue weighted by molar-refractivity contribution is 5.87. The molecule has 2 atom stereocenters. The second-order valence-corrected chi connectivity index (χ2v) is 9.40. The van der Waals surface area contributed by atoms with Crippen LogP contribution in [0.2, 0.25) is 0 Å². The Labute approximate surface area is 151 Å². The number of rotatable bonds is 3. The molecule has 25 heavy (non-hydrogen) atoms. The van der Waals surface area contributed by atoms with Gasteiger partial charge in [-0.15, -0.1) is 0 Å². The van der Waals surface area contributed by atoms with E-state index in [2.05, 4.69) is 25.3 Å². The molecule has 0 N–H and O–H groups in total. The molecule has 4 rings (SSSR count). The van der Waals surface area contributed by atoms with Gasteiger partial charge in [0.15, 0.2) is 0 Å². The Morgan fingerprint density at radius 3 is 2.48 bits per heavy atom. The summed E-state index contributed by atoms with van der Waals surface area (Å²) >= 11 is 0. The number of fused-ring (bicyclic) bond motifs is 2. The molecule has 2 bridgehead atoms. The Bertz CT molecular complexity index is 603. The van der Waals surface area contributed by atoms with E-state index in [4.69, 9.17) is 0 Å². The average molecular weight is 344 g/mol. The highest BCUT2D eigenvalue weighted by Crippen LogP contribution is 2.66. The van der Waals surface area contributed by atoms with Gasteiger partial charge in [0.25, 0.3) is 0 Å². The summed E-state index contributed by atoms with van der Waals surface area (Å²) in [6.07, 6.45) is 6.98. The minimum Gasteiger partial charge on any atom is -0.342 e. The second kappa shape index (κ2) is 5.85. The first-order chi connectivity index (χ1) is 11.8. The normalized spacial score (nSPS) is 35.0. The van der Waals surface area contributed by atoms with Gasteiger partial charge in [0, 0.05) is 32.6 Å². The number of nitrogens with zero attached hydrogens (tertiary/aromatic N) is 2. The van der Waals surface area contributed by atoms with Gasteiger partial charge >= 0.3 is 0 Å². The average Bonchev–Trinajstić information content (AvgIpc) is 3.26. The van der Waals surface area contributed by atoms with Crippen LogP contribution >= 0.6 is 0 Å². The van der Waals surface area contributed by atoms with E-state index in [1.807, 2.05) is 4.90 Å². The molecule has 2 heterocycles. The Balaban J connectivity index is 1.37. The fourth-order valence-electron chi connectivity index (χ4n) is 5.95. The van der Waals surface area contributed by atoms with Crippen LogP contribution in [-0.4, -0.2) is 47.8 Å². The predicted molar refractivity (Wildman–Crippen MR) is 97.8 cm³/mol. The Hall–Kier alpha value is -1.32. The van der Waals surface area contributed by atoms with Crippen molar-refractivity contribution < 1.29 is 9.59 Å². The molecule has 2 saturated heterocycles. The molecule has 4 heteroatoms. The van der Waals surface area contributed by atoms with Crippen molar-refractivity contribution in [2.45, 2.75) is 58.8 Å². The largest absolute Gasteiger partial charge is 0.342 e. The number of piperidine rings is 1. The maximum absolute atomic E-state index is 13.4. The van der Waals surface area contributed by atoms with Crippen molar-refractivity contribution in [3.63, 3.8) is 0 Å². The molecule has 2 aliphatic heterocycles. The molecule has 4 fully saturated rings. The summed E-state index contributed by atoms with van der Waals surface area (Å²) in [5.41, 5.74) is 1.03. The lowest BCUT2D eigenvalue weighted by molar-refractivity contribution is -0.141. The molecular formula is C21H32N2O2. The second-order valence-electron chi connectivity index (χ2n) is 9.40.